The van der Waals surface area contributed by atoms with E-state index in [4.69, 9.17) is 5.11 Å². The predicted octanol–water partition coefficient (Wildman–Crippen LogP) is 3.72. The van der Waals surface area contributed by atoms with Gasteiger partial charge in [-0.05, 0) is 40.5 Å². The van der Waals surface area contributed by atoms with Gasteiger partial charge in [0.25, 0.3) is 0 Å². The van der Waals surface area contributed by atoms with Crippen molar-refractivity contribution in [2.24, 2.45) is 5.41 Å². The molecule has 17 heavy (non-hydrogen) atoms. The van der Waals surface area contributed by atoms with Crippen LogP contribution in [0.2, 0.25) is 0 Å². The number of rotatable bonds is 3. The summed E-state index contributed by atoms with van der Waals surface area (Å²) in [5, 5.41) is 11.7. The van der Waals surface area contributed by atoms with Gasteiger partial charge in [0.15, 0.2) is 0 Å². The van der Waals surface area contributed by atoms with Gasteiger partial charge >= 0.3 is 0 Å². The van der Waals surface area contributed by atoms with Crippen LogP contribution < -0.4 is 0 Å². The maximum Gasteiger partial charge on any atom is 0.0436 e. The molecular formula is C16H18O. The van der Waals surface area contributed by atoms with Gasteiger partial charge in [-0.1, -0.05) is 49.4 Å². The summed E-state index contributed by atoms with van der Waals surface area (Å²) in [5.41, 5.74) is 1.76. The van der Waals surface area contributed by atoms with Crippen LogP contribution in [0.25, 0.3) is 10.8 Å². The van der Waals surface area contributed by atoms with Crippen molar-refractivity contribution in [3.8, 4) is 0 Å². The van der Waals surface area contributed by atoms with Crippen LogP contribution in [0.1, 0.15) is 31.2 Å². The predicted molar refractivity (Wildman–Crippen MR) is 71.1 cm³/mol. The smallest absolute Gasteiger partial charge is 0.0436 e. The highest BCUT2D eigenvalue weighted by Gasteiger charge is 2.49. The zero-order valence-corrected chi connectivity index (χ0v) is 10.2. The average Bonchev–Trinajstić information content (AvgIpc) is 3.01. The van der Waals surface area contributed by atoms with Crippen LogP contribution in [-0.4, -0.2) is 11.7 Å². The summed E-state index contributed by atoms with van der Waals surface area (Å²) in [7, 11) is 0. The van der Waals surface area contributed by atoms with Crippen molar-refractivity contribution in [1.82, 2.24) is 0 Å². The van der Waals surface area contributed by atoms with Gasteiger partial charge in [0.1, 0.15) is 0 Å². The minimum absolute atomic E-state index is 0.306. The quantitative estimate of drug-likeness (QED) is 0.845. The van der Waals surface area contributed by atoms with Gasteiger partial charge in [0.2, 0.25) is 0 Å². The average molecular weight is 226 g/mol. The fourth-order valence-corrected chi connectivity index (χ4v) is 2.88. The first-order valence-corrected chi connectivity index (χ1v) is 6.32. The Kier molecular flexibility index (Phi) is 2.44. The van der Waals surface area contributed by atoms with E-state index in [1.165, 1.54) is 22.8 Å². The molecule has 0 saturated heterocycles. The maximum atomic E-state index is 9.08. The Balaban J connectivity index is 1.93. The topological polar surface area (TPSA) is 20.2 Å². The van der Waals surface area contributed by atoms with Gasteiger partial charge in [0, 0.05) is 6.61 Å². The van der Waals surface area contributed by atoms with E-state index < -0.39 is 0 Å². The molecule has 1 aliphatic rings. The molecule has 1 N–H and O–H groups in total. The Morgan fingerprint density at radius 3 is 2.71 bits per heavy atom. The second-order valence-electron chi connectivity index (χ2n) is 5.49. The number of benzene rings is 2. The summed E-state index contributed by atoms with van der Waals surface area (Å²) in [6, 6.07) is 15.3. The second kappa shape index (κ2) is 3.85. The molecule has 0 aromatic heterocycles. The molecule has 3 rings (SSSR count). The van der Waals surface area contributed by atoms with E-state index >= 15 is 0 Å². The van der Waals surface area contributed by atoms with Crippen molar-refractivity contribution < 1.29 is 5.11 Å². The Hall–Kier alpha value is -1.34. The molecule has 1 fully saturated rings. The van der Waals surface area contributed by atoms with Crippen LogP contribution in [0.5, 0.6) is 0 Å². The summed E-state index contributed by atoms with van der Waals surface area (Å²) in [4.78, 5) is 0. The molecule has 0 unspecified atom stereocenters. The number of hydrogen-bond acceptors (Lipinski definition) is 1. The number of aliphatic hydroxyl groups excluding tert-OH is 1. The van der Waals surface area contributed by atoms with Crippen LogP contribution in [0, 0.1) is 5.41 Å². The first kappa shape index (κ1) is 10.8. The molecule has 1 aliphatic carbocycles. The van der Waals surface area contributed by atoms with E-state index in [-0.39, 0.29) is 0 Å². The normalized spacial score (nSPS) is 27.3. The van der Waals surface area contributed by atoms with Gasteiger partial charge in [0.05, 0.1) is 0 Å². The molecule has 2 aromatic rings. The maximum absolute atomic E-state index is 9.08. The van der Waals surface area contributed by atoms with Crippen molar-refractivity contribution in [3.63, 3.8) is 0 Å². The summed E-state index contributed by atoms with van der Waals surface area (Å²) >= 11 is 0. The lowest BCUT2D eigenvalue weighted by molar-refractivity contribution is 0.253. The number of aliphatic hydroxyl groups is 1. The van der Waals surface area contributed by atoms with Gasteiger partial charge in [-0.2, -0.15) is 0 Å². The third-order valence-electron chi connectivity index (χ3n) is 4.21. The largest absolute Gasteiger partial charge is 0.396 e. The molecule has 1 saturated carbocycles. The van der Waals surface area contributed by atoms with Gasteiger partial charge in [-0.3, -0.25) is 0 Å². The standard InChI is InChI=1S/C16H18O/c1-16(8-9-17)11-15(16)14-7-6-12-4-2-3-5-13(12)10-14/h2-7,10,15,17H,8-9,11H2,1H3/t15-,16+/m1/s1. The Bertz CT molecular complexity index is 546. The molecule has 1 nitrogen and oxygen atoms in total. The Morgan fingerprint density at radius 1 is 1.18 bits per heavy atom. The molecule has 0 bridgehead atoms. The number of hydrogen-bond donors (Lipinski definition) is 1. The first-order valence-electron chi connectivity index (χ1n) is 6.32. The van der Waals surface area contributed by atoms with E-state index in [0.29, 0.717) is 17.9 Å². The SMILES string of the molecule is C[C@]1(CCO)C[C@@H]1c1ccc2ccccc2c1. The summed E-state index contributed by atoms with van der Waals surface area (Å²) in [6.07, 6.45) is 2.14. The van der Waals surface area contributed by atoms with Crippen LogP contribution in [-0.2, 0) is 0 Å². The first-order chi connectivity index (χ1) is 8.23. The fraction of sp³-hybridized carbons (Fsp3) is 0.375. The number of fused-ring (bicyclic) bond motifs is 1. The van der Waals surface area contributed by atoms with Gasteiger partial charge < -0.3 is 5.11 Å². The molecule has 0 radical (unpaired) electrons. The van der Waals surface area contributed by atoms with Crippen molar-refractivity contribution in [2.45, 2.75) is 25.7 Å². The van der Waals surface area contributed by atoms with Crippen LogP contribution in [0.3, 0.4) is 0 Å². The highest BCUT2D eigenvalue weighted by molar-refractivity contribution is 5.83. The Morgan fingerprint density at radius 2 is 1.94 bits per heavy atom. The molecule has 0 heterocycles. The molecule has 0 spiro atoms. The van der Waals surface area contributed by atoms with E-state index in [1.54, 1.807) is 0 Å². The van der Waals surface area contributed by atoms with E-state index in [2.05, 4.69) is 49.4 Å². The lowest BCUT2D eigenvalue weighted by atomic mass is 9.96. The van der Waals surface area contributed by atoms with E-state index in [1.807, 2.05) is 0 Å². The monoisotopic (exact) mass is 226 g/mol. The third-order valence-corrected chi connectivity index (χ3v) is 4.21. The third kappa shape index (κ3) is 1.85. The van der Waals surface area contributed by atoms with Gasteiger partial charge in [-0.15, -0.1) is 0 Å². The molecule has 88 valence electrons. The van der Waals surface area contributed by atoms with Crippen molar-refractivity contribution in [2.75, 3.05) is 6.61 Å². The lowest BCUT2D eigenvalue weighted by Gasteiger charge is -2.09. The lowest BCUT2D eigenvalue weighted by Crippen LogP contribution is -2.00. The molecule has 0 amide bonds. The minimum atomic E-state index is 0.306. The fourth-order valence-electron chi connectivity index (χ4n) is 2.88. The summed E-state index contributed by atoms with van der Waals surface area (Å²) < 4.78 is 0. The molecule has 1 heteroatoms. The minimum Gasteiger partial charge on any atom is -0.396 e. The van der Waals surface area contributed by atoms with Crippen LogP contribution >= 0.6 is 0 Å². The van der Waals surface area contributed by atoms with Gasteiger partial charge in [-0.25, -0.2) is 0 Å². The second-order valence-corrected chi connectivity index (χ2v) is 5.49. The highest BCUT2D eigenvalue weighted by Crippen LogP contribution is 2.61. The summed E-state index contributed by atoms with van der Waals surface area (Å²) in [6.45, 7) is 2.59. The molecular weight excluding hydrogens is 208 g/mol. The highest BCUT2D eigenvalue weighted by atomic mass is 16.3. The summed E-state index contributed by atoms with van der Waals surface area (Å²) in [5.74, 6) is 0.638. The van der Waals surface area contributed by atoms with Crippen molar-refractivity contribution >= 4 is 10.8 Å². The molecule has 2 atom stereocenters. The van der Waals surface area contributed by atoms with Crippen LogP contribution in [0.4, 0.5) is 0 Å². The Labute approximate surface area is 102 Å². The van der Waals surface area contributed by atoms with E-state index in [9.17, 15) is 0 Å². The van der Waals surface area contributed by atoms with Crippen LogP contribution in [0.15, 0.2) is 42.5 Å². The molecule has 2 aromatic carbocycles. The molecule has 0 aliphatic heterocycles. The van der Waals surface area contributed by atoms with E-state index in [0.717, 1.165) is 6.42 Å². The van der Waals surface area contributed by atoms with Crippen molar-refractivity contribution in [3.05, 3.63) is 48.0 Å². The zero-order chi connectivity index (χ0) is 11.9. The van der Waals surface area contributed by atoms with Crippen molar-refractivity contribution in [1.29, 1.82) is 0 Å². The zero-order valence-electron chi connectivity index (χ0n) is 10.2.